The normalized spacial score (nSPS) is 11.9. The predicted octanol–water partition coefficient (Wildman–Crippen LogP) is 4.03. The molecule has 1 atom stereocenters. The number of nitrogens with zero attached hydrogens (tertiary/aromatic N) is 1. The Morgan fingerprint density at radius 2 is 2.22 bits per heavy atom. The number of rotatable bonds is 5. The Morgan fingerprint density at radius 3 is 2.87 bits per heavy atom. The van der Waals surface area contributed by atoms with Crippen LogP contribution in [0.3, 0.4) is 0 Å². The quantitative estimate of drug-likeness (QED) is 0.863. The average molecular weight is 338 g/mol. The highest BCUT2D eigenvalue weighted by molar-refractivity contribution is 6.32. The Balaban J connectivity index is 2.34. The number of benzene rings is 1. The van der Waals surface area contributed by atoms with Gasteiger partial charge < -0.3 is 15.8 Å². The molecule has 0 aliphatic heterocycles. The molecule has 1 heterocycles. The van der Waals surface area contributed by atoms with Gasteiger partial charge in [-0.2, -0.15) is 0 Å². The Kier molecular flexibility index (Phi) is 5.52. The highest BCUT2D eigenvalue weighted by Crippen LogP contribution is 2.36. The standard InChI is InChI=1S/C16H17ClFN3O2/c1-3-13(19)11-4-5-12(17)16(15(11)18)23-10-6-7-20-14(8-10)21-9(2)22/h4-8,13H,3,19H2,1-2H3,(H,20,21,22)/t13-/m1/s1. The van der Waals surface area contributed by atoms with E-state index in [1.165, 1.54) is 25.3 Å². The van der Waals surface area contributed by atoms with Crippen LogP contribution >= 0.6 is 11.6 Å². The minimum atomic E-state index is -0.593. The third kappa shape index (κ3) is 4.18. The molecule has 5 nitrogen and oxygen atoms in total. The fourth-order valence-electron chi connectivity index (χ4n) is 1.99. The first kappa shape index (κ1) is 17.2. The third-order valence-electron chi connectivity index (χ3n) is 3.17. The fraction of sp³-hybridized carbons (Fsp3) is 0.250. The molecular formula is C16H17ClFN3O2. The number of carbonyl (C=O) groups is 1. The number of pyridine rings is 1. The van der Waals surface area contributed by atoms with Crippen LogP contribution in [-0.4, -0.2) is 10.9 Å². The number of carbonyl (C=O) groups excluding carboxylic acids is 1. The van der Waals surface area contributed by atoms with E-state index in [-0.39, 0.29) is 16.7 Å². The largest absolute Gasteiger partial charge is 0.452 e. The summed E-state index contributed by atoms with van der Waals surface area (Å²) in [4.78, 5) is 15.0. The van der Waals surface area contributed by atoms with E-state index in [9.17, 15) is 9.18 Å². The van der Waals surface area contributed by atoms with Crippen molar-refractivity contribution < 1.29 is 13.9 Å². The molecule has 7 heteroatoms. The fourth-order valence-corrected chi connectivity index (χ4v) is 2.17. The second kappa shape index (κ2) is 7.39. The van der Waals surface area contributed by atoms with E-state index in [0.29, 0.717) is 23.6 Å². The molecule has 0 unspecified atom stereocenters. The summed E-state index contributed by atoms with van der Waals surface area (Å²) in [6.07, 6.45) is 2.02. The van der Waals surface area contributed by atoms with E-state index in [1.807, 2.05) is 6.92 Å². The Hall–Kier alpha value is -2.18. The molecule has 0 aliphatic rings. The number of hydrogen-bond acceptors (Lipinski definition) is 4. The van der Waals surface area contributed by atoms with Gasteiger partial charge in [-0.25, -0.2) is 9.37 Å². The van der Waals surface area contributed by atoms with Crippen molar-refractivity contribution in [3.05, 3.63) is 46.9 Å². The lowest BCUT2D eigenvalue weighted by Gasteiger charge is -2.15. The Morgan fingerprint density at radius 1 is 1.48 bits per heavy atom. The molecule has 23 heavy (non-hydrogen) atoms. The van der Waals surface area contributed by atoms with Crippen molar-refractivity contribution >= 4 is 23.3 Å². The van der Waals surface area contributed by atoms with Crippen LogP contribution in [-0.2, 0) is 4.79 Å². The number of anilines is 1. The molecule has 122 valence electrons. The van der Waals surface area contributed by atoms with Crippen molar-refractivity contribution in [2.75, 3.05) is 5.32 Å². The zero-order chi connectivity index (χ0) is 17.0. The summed E-state index contributed by atoms with van der Waals surface area (Å²) in [6.45, 7) is 3.23. The maximum Gasteiger partial charge on any atom is 0.222 e. The number of nitrogens with two attached hydrogens (primary N) is 1. The first-order chi connectivity index (χ1) is 10.9. The van der Waals surface area contributed by atoms with Gasteiger partial charge in [0, 0.05) is 30.8 Å². The summed E-state index contributed by atoms with van der Waals surface area (Å²) < 4.78 is 20.1. The van der Waals surface area contributed by atoms with Crippen LogP contribution in [0.25, 0.3) is 0 Å². The van der Waals surface area contributed by atoms with Crippen molar-refractivity contribution in [3.63, 3.8) is 0 Å². The van der Waals surface area contributed by atoms with Crippen LogP contribution < -0.4 is 15.8 Å². The highest BCUT2D eigenvalue weighted by atomic mass is 35.5. The summed E-state index contributed by atoms with van der Waals surface area (Å²) in [5.41, 5.74) is 6.23. The number of ether oxygens (including phenoxy) is 1. The average Bonchev–Trinajstić information content (AvgIpc) is 2.50. The molecule has 0 fully saturated rings. The van der Waals surface area contributed by atoms with E-state index in [4.69, 9.17) is 22.1 Å². The first-order valence-corrected chi connectivity index (χ1v) is 7.45. The van der Waals surface area contributed by atoms with Gasteiger partial charge in [-0.05, 0) is 18.6 Å². The van der Waals surface area contributed by atoms with Gasteiger partial charge in [0.1, 0.15) is 11.6 Å². The maximum absolute atomic E-state index is 14.6. The van der Waals surface area contributed by atoms with E-state index >= 15 is 0 Å². The Bertz CT molecular complexity index is 724. The van der Waals surface area contributed by atoms with Crippen LogP contribution in [0.5, 0.6) is 11.5 Å². The third-order valence-corrected chi connectivity index (χ3v) is 3.47. The maximum atomic E-state index is 14.6. The molecule has 0 bridgehead atoms. The van der Waals surface area contributed by atoms with Crippen LogP contribution in [0.15, 0.2) is 30.5 Å². The molecule has 0 saturated heterocycles. The summed E-state index contributed by atoms with van der Waals surface area (Å²) in [6, 6.07) is 5.66. The van der Waals surface area contributed by atoms with E-state index in [0.717, 1.165) is 0 Å². The second-order valence-electron chi connectivity index (χ2n) is 4.95. The molecular weight excluding hydrogens is 321 g/mol. The van der Waals surface area contributed by atoms with Gasteiger partial charge in [0.25, 0.3) is 0 Å². The van der Waals surface area contributed by atoms with Crippen LogP contribution in [0, 0.1) is 5.82 Å². The lowest BCUT2D eigenvalue weighted by Crippen LogP contribution is -2.11. The van der Waals surface area contributed by atoms with Gasteiger partial charge in [0.05, 0.1) is 5.02 Å². The number of nitrogens with one attached hydrogen (secondary N) is 1. The van der Waals surface area contributed by atoms with Gasteiger partial charge in [0.15, 0.2) is 11.6 Å². The Labute approximate surface area is 138 Å². The molecule has 1 aromatic heterocycles. The topological polar surface area (TPSA) is 77.2 Å². The lowest BCUT2D eigenvalue weighted by atomic mass is 10.0. The van der Waals surface area contributed by atoms with Crippen molar-refractivity contribution in [3.8, 4) is 11.5 Å². The number of amides is 1. The van der Waals surface area contributed by atoms with Gasteiger partial charge in [-0.15, -0.1) is 0 Å². The van der Waals surface area contributed by atoms with Gasteiger partial charge in [-0.3, -0.25) is 4.79 Å². The molecule has 1 aromatic carbocycles. The van der Waals surface area contributed by atoms with E-state index < -0.39 is 11.9 Å². The lowest BCUT2D eigenvalue weighted by molar-refractivity contribution is -0.114. The summed E-state index contributed by atoms with van der Waals surface area (Å²) in [5.74, 6) is -0.368. The van der Waals surface area contributed by atoms with Crippen molar-refractivity contribution in [2.45, 2.75) is 26.3 Å². The summed E-state index contributed by atoms with van der Waals surface area (Å²) in [5, 5.41) is 2.65. The molecule has 3 N–H and O–H groups in total. The first-order valence-electron chi connectivity index (χ1n) is 7.07. The highest BCUT2D eigenvalue weighted by Gasteiger charge is 2.18. The molecule has 1 amide bonds. The molecule has 2 rings (SSSR count). The second-order valence-corrected chi connectivity index (χ2v) is 5.36. The molecule has 0 saturated carbocycles. The minimum absolute atomic E-state index is 0.104. The molecule has 0 spiro atoms. The zero-order valence-electron chi connectivity index (χ0n) is 12.8. The van der Waals surface area contributed by atoms with Crippen LogP contribution in [0.2, 0.25) is 5.02 Å². The van der Waals surface area contributed by atoms with Gasteiger partial charge in [0.2, 0.25) is 5.91 Å². The predicted molar refractivity (Wildman–Crippen MR) is 87.2 cm³/mol. The van der Waals surface area contributed by atoms with Gasteiger partial charge >= 0.3 is 0 Å². The van der Waals surface area contributed by atoms with Crippen molar-refractivity contribution in [1.82, 2.24) is 4.98 Å². The van der Waals surface area contributed by atoms with Gasteiger partial charge in [-0.1, -0.05) is 24.6 Å². The monoisotopic (exact) mass is 337 g/mol. The smallest absolute Gasteiger partial charge is 0.222 e. The van der Waals surface area contributed by atoms with Crippen molar-refractivity contribution in [1.29, 1.82) is 0 Å². The number of aromatic nitrogens is 1. The van der Waals surface area contributed by atoms with Crippen LogP contribution in [0.4, 0.5) is 10.2 Å². The molecule has 0 radical (unpaired) electrons. The zero-order valence-corrected chi connectivity index (χ0v) is 13.5. The summed E-state index contributed by atoms with van der Waals surface area (Å²) in [7, 11) is 0. The molecule has 0 aliphatic carbocycles. The molecule has 2 aromatic rings. The van der Waals surface area contributed by atoms with Crippen molar-refractivity contribution in [2.24, 2.45) is 5.73 Å². The van der Waals surface area contributed by atoms with Crippen LogP contribution in [0.1, 0.15) is 31.9 Å². The number of halogens is 2. The minimum Gasteiger partial charge on any atom is -0.452 e. The van der Waals surface area contributed by atoms with E-state index in [2.05, 4.69) is 10.3 Å². The summed E-state index contributed by atoms with van der Waals surface area (Å²) >= 11 is 6.03. The number of hydrogen-bond donors (Lipinski definition) is 2. The van der Waals surface area contributed by atoms with E-state index in [1.54, 1.807) is 12.1 Å². The SMILES string of the molecule is CC[C@@H](N)c1ccc(Cl)c(Oc2ccnc(NC(C)=O)c2)c1F.